The molecule has 1 unspecified atom stereocenters. The number of amides is 2. The number of carbonyl (C=O) groups is 2. The second kappa shape index (κ2) is 8.92. The fourth-order valence-electron chi connectivity index (χ4n) is 0.946. The van der Waals surface area contributed by atoms with Crippen molar-refractivity contribution in [1.82, 2.24) is 10.6 Å². The maximum atomic E-state index is 11.2. The van der Waals surface area contributed by atoms with Crippen molar-refractivity contribution >= 4 is 23.8 Å². The summed E-state index contributed by atoms with van der Waals surface area (Å²) in [6, 6.07) is -1.52. The van der Waals surface area contributed by atoms with Gasteiger partial charge in [0.15, 0.2) is 0 Å². The van der Waals surface area contributed by atoms with Crippen molar-refractivity contribution in [3.8, 4) is 12.3 Å². The van der Waals surface area contributed by atoms with Crippen LogP contribution in [-0.4, -0.2) is 41.7 Å². The number of rotatable bonds is 7. The molecular weight excluding hydrogens is 228 g/mol. The Balaban J connectivity index is 3.83. The predicted octanol–water partition coefficient (Wildman–Crippen LogP) is 0.515. The number of hydrogen-bond acceptors (Lipinski definition) is 3. The summed E-state index contributed by atoms with van der Waals surface area (Å²) in [5.74, 6) is 2.03. The second-order valence-corrected chi connectivity index (χ2v) is 4.03. The van der Waals surface area contributed by atoms with Crippen LogP contribution >= 0.6 is 11.8 Å². The first-order chi connectivity index (χ1) is 7.61. The molecule has 0 aromatic heterocycles. The van der Waals surface area contributed by atoms with Gasteiger partial charge < -0.3 is 15.7 Å². The van der Waals surface area contributed by atoms with Crippen LogP contribution in [0.15, 0.2) is 0 Å². The van der Waals surface area contributed by atoms with Crippen molar-refractivity contribution < 1.29 is 14.7 Å². The van der Waals surface area contributed by atoms with E-state index in [1.807, 2.05) is 6.26 Å². The van der Waals surface area contributed by atoms with Gasteiger partial charge in [0, 0.05) is 13.0 Å². The maximum Gasteiger partial charge on any atom is 0.327 e. The van der Waals surface area contributed by atoms with Crippen LogP contribution in [0, 0.1) is 12.3 Å². The van der Waals surface area contributed by atoms with Crippen LogP contribution in [0.4, 0.5) is 4.79 Å². The Morgan fingerprint density at radius 1 is 1.56 bits per heavy atom. The number of carbonyl (C=O) groups excluding carboxylic acids is 1. The van der Waals surface area contributed by atoms with Gasteiger partial charge in [-0.15, -0.1) is 12.3 Å². The Bertz CT molecular complexity index is 276. The largest absolute Gasteiger partial charge is 0.480 e. The molecule has 0 rings (SSSR count). The van der Waals surface area contributed by atoms with E-state index < -0.39 is 18.0 Å². The Morgan fingerprint density at radius 2 is 2.25 bits per heavy atom. The molecule has 2 amide bonds. The van der Waals surface area contributed by atoms with E-state index in [2.05, 4.69) is 16.6 Å². The highest BCUT2D eigenvalue weighted by Gasteiger charge is 2.17. The quantitative estimate of drug-likeness (QED) is 0.450. The first kappa shape index (κ1) is 14.6. The number of urea groups is 1. The summed E-state index contributed by atoms with van der Waals surface area (Å²) in [5.41, 5.74) is 0. The van der Waals surface area contributed by atoms with Crippen molar-refractivity contribution in [2.45, 2.75) is 18.9 Å². The van der Waals surface area contributed by atoms with Crippen molar-refractivity contribution in [2.75, 3.05) is 18.6 Å². The van der Waals surface area contributed by atoms with Gasteiger partial charge >= 0.3 is 12.0 Å². The lowest BCUT2D eigenvalue weighted by atomic mass is 10.2. The van der Waals surface area contributed by atoms with E-state index in [0.29, 0.717) is 6.54 Å². The normalized spacial score (nSPS) is 11.2. The maximum absolute atomic E-state index is 11.2. The van der Waals surface area contributed by atoms with Gasteiger partial charge in [0.25, 0.3) is 0 Å². The third-order valence-electron chi connectivity index (χ3n) is 1.74. The van der Waals surface area contributed by atoms with Crippen molar-refractivity contribution in [1.29, 1.82) is 0 Å². The standard InChI is InChI=1S/C10H16N2O3S/c1-3-5-8(9(13)14)12-10(15)11-6-4-7-16-2/h1,8H,4-7H2,2H3,(H,13,14)(H2,11,12,15). The summed E-state index contributed by atoms with van der Waals surface area (Å²) < 4.78 is 0. The molecule has 5 nitrogen and oxygen atoms in total. The average Bonchev–Trinajstić information content (AvgIpc) is 2.23. The summed E-state index contributed by atoms with van der Waals surface area (Å²) >= 11 is 1.69. The highest BCUT2D eigenvalue weighted by molar-refractivity contribution is 7.98. The van der Waals surface area contributed by atoms with Gasteiger partial charge in [0.2, 0.25) is 0 Å². The molecule has 0 spiro atoms. The molecule has 0 aromatic rings. The smallest absolute Gasteiger partial charge is 0.327 e. The van der Waals surface area contributed by atoms with E-state index in [9.17, 15) is 9.59 Å². The molecule has 0 aromatic carbocycles. The number of aliphatic carboxylic acids is 1. The number of thioether (sulfide) groups is 1. The second-order valence-electron chi connectivity index (χ2n) is 3.05. The van der Waals surface area contributed by atoms with Crippen LogP contribution in [0.1, 0.15) is 12.8 Å². The summed E-state index contributed by atoms with van der Waals surface area (Å²) in [6.45, 7) is 0.523. The van der Waals surface area contributed by atoms with Gasteiger partial charge in [-0.1, -0.05) is 0 Å². The molecular formula is C10H16N2O3S. The predicted molar refractivity (Wildman–Crippen MR) is 64.4 cm³/mol. The van der Waals surface area contributed by atoms with Crippen molar-refractivity contribution in [3.63, 3.8) is 0 Å². The van der Waals surface area contributed by atoms with Gasteiger partial charge in [-0.2, -0.15) is 11.8 Å². The minimum Gasteiger partial charge on any atom is -0.480 e. The van der Waals surface area contributed by atoms with E-state index in [-0.39, 0.29) is 6.42 Å². The lowest BCUT2D eigenvalue weighted by Gasteiger charge is -2.12. The molecule has 0 fully saturated rings. The number of terminal acetylenes is 1. The lowest BCUT2D eigenvalue weighted by Crippen LogP contribution is -2.46. The van der Waals surface area contributed by atoms with Crippen LogP contribution in [0.25, 0.3) is 0 Å². The topological polar surface area (TPSA) is 78.4 Å². The SMILES string of the molecule is C#CCC(NC(=O)NCCCSC)C(=O)O. The van der Waals surface area contributed by atoms with E-state index in [0.717, 1.165) is 12.2 Å². The molecule has 0 radical (unpaired) electrons. The molecule has 0 aliphatic heterocycles. The Morgan fingerprint density at radius 3 is 2.75 bits per heavy atom. The van der Waals surface area contributed by atoms with Gasteiger partial charge in [0.05, 0.1) is 0 Å². The molecule has 90 valence electrons. The molecule has 0 saturated heterocycles. The van der Waals surface area contributed by atoms with Crippen LogP contribution < -0.4 is 10.6 Å². The van der Waals surface area contributed by atoms with E-state index in [1.165, 1.54) is 0 Å². The van der Waals surface area contributed by atoms with Gasteiger partial charge in [0.1, 0.15) is 6.04 Å². The Hall–Kier alpha value is -1.35. The molecule has 0 aliphatic carbocycles. The van der Waals surface area contributed by atoms with Gasteiger partial charge in [-0.25, -0.2) is 9.59 Å². The number of carboxylic acids is 1. The van der Waals surface area contributed by atoms with Crippen molar-refractivity contribution in [3.05, 3.63) is 0 Å². The fourth-order valence-corrected chi connectivity index (χ4v) is 1.38. The third-order valence-corrected chi connectivity index (χ3v) is 2.43. The molecule has 16 heavy (non-hydrogen) atoms. The minimum absolute atomic E-state index is 0.0203. The number of carboxylic acid groups (broad SMARTS) is 1. The summed E-state index contributed by atoms with van der Waals surface area (Å²) in [7, 11) is 0. The summed E-state index contributed by atoms with van der Waals surface area (Å²) in [6.07, 6.45) is 7.80. The van der Waals surface area contributed by atoms with Gasteiger partial charge in [-0.05, 0) is 18.4 Å². The molecule has 0 aliphatic rings. The highest BCUT2D eigenvalue weighted by atomic mass is 32.2. The zero-order valence-electron chi connectivity index (χ0n) is 9.16. The zero-order valence-corrected chi connectivity index (χ0v) is 9.97. The summed E-state index contributed by atoms with van der Waals surface area (Å²) in [5, 5.41) is 13.6. The van der Waals surface area contributed by atoms with E-state index in [1.54, 1.807) is 11.8 Å². The molecule has 3 N–H and O–H groups in total. The van der Waals surface area contributed by atoms with Gasteiger partial charge in [-0.3, -0.25) is 0 Å². The van der Waals surface area contributed by atoms with Crippen LogP contribution in [-0.2, 0) is 4.79 Å². The monoisotopic (exact) mass is 244 g/mol. The van der Waals surface area contributed by atoms with Crippen LogP contribution in [0.3, 0.4) is 0 Å². The lowest BCUT2D eigenvalue weighted by molar-refractivity contribution is -0.139. The minimum atomic E-state index is -1.13. The first-order valence-corrected chi connectivity index (χ1v) is 6.20. The number of hydrogen-bond donors (Lipinski definition) is 3. The van der Waals surface area contributed by atoms with E-state index >= 15 is 0 Å². The van der Waals surface area contributed by atoms with Crippen LogP contribution in [0.2, 0.25) is 0 Å². The van der Waals surface area contributed by atoms with E-state index in [4.69, 9.17) is 11.5 Å². The molecule has 0 saturated carbocycles. The number of nitrogens with one attached hydrogen (secondary N) is 2. The molecule has 1 atom stereocenters. The Labute approximate surface area is 99.4 Å². The zero-order chi connectivity index (χ0) is 12.4. The molecule has 6 heteroatoms. The molecule has 0 bridgehead atoms. The Kier molecular flexibility index (Phi) is 8.17. The average molecular weight is 244 g/mol. The van der Waals surface area contributed by atoms with Crippen LogP contribution in [0.5, 0.6) is 0 Å². The third kappa shape index (κ3) is 7.01. The highest BCUT2D eigenvalue weighted by Crippen LogP contribution is 1.94. The molecule has 0 heterocycles. The fraction of sp³-hybridized carbons (Fsp3) is 0.600. The van der Waals surface area contributed by atoms with Crippen molar-refractivity contribution in [2.24, 2.45) is 0 Å². The first-order valence-electron chi connectivity index (χ1n) is 4.81. The summed E-state index contributed by atoms with van der Waals surface area (Å²) in [4.78, 5) is 21.9.